The predicted octanol–water partition coefficient (Wildman–Crippen LogP) is 0.517. The van der Waals surface area contributed by atoms with Crippen molar-refractivity contribution in [1.29, 1.82) is 5.26 Å². The van der Waals surface area contributed by atoms with Gasteiger partial charge in [0.1, 0.15) is 0 Å². The van der Waals surface area contributed by atoms with Gasteiger partial charge in [-0.1, -0.05) is 6.92 Å². The maximum Gasteiger partial charge on any atom is 0.328 e. The van der Waals surface area contributed by atoms with Crippen molar-refractivity contribution in [2.45, 2.75) is 19.4 Å². The Hall–Kier alpha value is -0.200. The highest BCUT2D eigenvalue weighted by Crippen LogP contribution is 2.27. The first-order chi connectivity index (χ1) is 4.20. The number of rotatable bonds is 3. The first-order valence-corrected chi connectivity index (χ1v) is 3.61. The van der Waals surface area contributed by atoms with Crippen LogP contribution in [0.5, 0.6) is 0 Å². The summed E-state index contributed by atoms with van der Waals surface area (Å²) in [6.45, 7) is 1.73. The van der Waals surface area contributed by atoms with Crippen LogP contribution in [0.2, 0.25) is 0 Å². The minimum atomic E-state index is -2.37. The molecule has 2 N–H and O–H groups in total. The molecule has 0 heterocycles. The molecule has 52 valence electrons. The molecule has 0 aromatic heterocycles. The van der Waals surface area contributed by atoms with E-state index in [0.717, 1.165) is 0 Å². The largest absolute Gasteiger partial charge is 0.328 e. The molecule has 0 aliphatic heterocycles. The van der Waals surface area contributed by atoms with Crippen molar-refractivity contribution in [3.8, 4) is 6.07 Å². The van der Waals surface area contributed by atoms with Gasteiger partial charge in [-0.05, 0) is 6.42 Å². The summed E-state index contributed by atoms with van der Waals surface area (Å²) >= 11 is 0. The Morgan fingerprint density at radius 2 is 2.33 bits per heavy atom. The van der Waals surface area contributed by atoms with Gasteiger partial charge >= 0.3 is 8.60 Å². The quantitative estimate of drug-likeness (QED) is 0.573. The molecule has 0 amide bonds. The Morgan fingerprint density at radius 3 is 2.44 bits per heavy atom. The van der Waals surface area contributed by atoms with Crippen LogP contribution in [0, 0.1) is 11.3 Å². The molecule has 0 rings (SSSR count). The fraction of sp³-hybridized carbons (Fsp3) is 0.750. The van der Waals surface area contributed by atoms with Crippen LogP contribution in [0.1, 0.15) is 13.3 Å². The van der Waals surface area contributed by atoms with Gasteiger partial charge in [0.15, 0.2) is 6.10 Å². The number of nitrogens with zero attached hydrogens (tertiary/aromatic N) is 1. The molecule has 0 saturated carbocycles. The fourth-order valence-corrected chi connectivity index (χ4v) is 0.727. The van der Waals surface area contributed by atoms with Crippen LogP contribution in [0.15, 0.2) is 0 Å². The predicted molar refractivity (Wildman–Crippen MR) is 32.1 cm³/mol. The molecular weight excluding hydrogens is 141 g/mol. The lowest BCUT2D eigenvalue weighted by molar-refractivity contribution is 0.209. The molecule has 0 fully saturated rings. The van der Waals surface area contributed by atoms with E-state index in [2.05, 4.69) is 4.52 Å². The zero-order valence-corrected chi connectivity index (χ0v) is 5.88. The smallest absolute Gasteiger partial charge is 0.328 e. The lowest BCUT2D eigenvalue weighted by atomic mass is 10.3. The molecule has 4 nitrogen and oxygen atoms in total. The fourth-order valence-electron chi connectivity index (χ4n) is 0.303. The highest BCUT2D eigenvalue weighted by Gasteiger charge is 2.09. The van der Waals surface area contributed by atoms with Gasteiger partial charge in [-0.25, -0.2) is 0 Å². The molecule has 9 heavy (non-hydrogen) atoms. The van der Waals surface area contributed by atoms with E-state index < -0.39 is 14.7 Å². The Bertz CT molecular complexity index is 111. The lowest BCUT2D eigenvalue weighted by Gasteiger charge is -2.06. The topological polar surface area (TPSA) is 73.5 Å². The zero-order valence-electron chi connectivity index (χ0n) is 4.98. The molecule has 0 aliphatic carbocycles. The lowest BCUT2D eigenvalue weighted by Crippen LogP contribution is -2.03. The standard InChI is InChI=1S/C4H8NO3P/c1-2-4(3-5)8-9(6)7/h4,6-7H,2H2,1H3. The van der Waals surface area contributed by atoms with Crippen molar-refractivity contribution < 1.29 is 14.3 Å². The minimum absolute atomic E-state index is 0.469. The van der Waals surface area contributed by atoms with Gasteiger partial charge in [-0.15, -0.1) is 0 Å². The monoisotopic (exact) mass is 149 g/mol. The second-order valence-electron chi connectivity index (χ2n) is 1.38. The van der Waals surface area contributed by atoms with Gasteiger partial charge in [0, 0.05) is 0 Å². The van der Waals surface area contributed by atoms with Crippen LogP contribution >= 0.6 is 8.60 Å². The molecule has 5 heteroatoms. The summed E-state index contributed by atoms with van der Waals surface area (Å²) in [5, 5.41) is 8.19. The van der Waals surface area contributed by atoms with Crippen molar-refractivity contribution in [3.63, 3.8) is 0 Å². The van der Waals surface area contributed by atoms with Crippen LogP contribution in [0.3, 0.4) is 0 Å². The zero-order chi connectivity index (χ0) is 7.28. The van der Waals surface area contributed by atoms with Crippen molar-refractivity contribution in [2.75, 3.05) is 0 Å². The summed E-state index contributed by atoms with van der Waals surface area (Å²) in [5.74, 6) is 0. The molecule has 0 bridgehead atoms. The summed E-state index contributed by atoms with van der Waals surface area (Å²) in [6, 6.07) is 1.76. The second kappa shape index (κ2) is 4.66. The summed E-state index contributed by atoms with van der Waals surface area (Å²) in [5.41, 5.74) is 0. The maximum absolute atomic E-state index is 8.23. The minimum Gasteiger partial charge on any atom is -0.328 e. The Morgan fingerprint density at radius 1 is 1.78 bits per heavy atom. The van der Waals surface area contributed by atoms with Gasteiger partial charge in [-0.2, -0.15) is 5.26 Å². The van der Waals surface area contributed by atoms with E-state index >= 15 is 0 Å². The molecule has 0 aromatic carbocycles. The van der Waals surface area contributed by atoms with Gasteiger partial charge < -0.3 is 9.79 Å². The van der Waals surface area contributed by atoms with Crippen molar-refractivity contribution in [1.82, 2.24) is 0 Å². The maximum atomic E-state index is 8.23. The van der Waals surface area contributed by atoms with Crippen molar-refractivity contribution >= 4 is 8.60 Å². The van der Waals surface area contributed by atoms with Crippen LogP contribution in [-0.4, -0.2) is 15.9 Å². The van der Waals surface area contributed by atoms with Crippen LogP contribution in [0.4, 0.5) is 0 Å². The van der Waals surface area contributed by atoms with E-state index in [1.54, 1.807) is 13.0 Å². The molecule has 0 radical (unpaired) electrons. The van der Waals surface area contributed by atoms with Crippen LogP contribution in [-0.2, 0) is 4.52 Å². The molecule has 1 atom stereocenters. The molecule has 0 aliphatic rings. The summed E-state index contributed by atoms with van der Waals surface area (Å²) in [7, 11) is -2.37. The SMILES string of the molecule is CCC(C#N)OP(O)O. The second-order valence-corrected chi connectivity index (χ2v) is 2.10. The first kappa shape index (κ1) is 8.80. The Kier molecular flexibility index (Phi) is 4.55. The number of hydrogen-bond donors (Lipinski definition) is 2. The average Bonchev–Trinajstić information content (AvgIpc) is 1.82. The van der Waals surface area contributed by atoms with Crippen LogP contribution < -0.4 is 0 Å². The number of nitriles is 1. The summed E-state index contributed by atoms with van der Waals surface area (Å²) in [4.78, 5) is 16.5. The third-order valence-electron chi connectivity index (χ3n) is 0.736. The van der Waals surface area contributed by atoms with Gasteiger partial charge in [0.25, 0.3) is 0 Å². The van der Waals surface area contributed by atoms with E-state index in [0.29, 0.717) is 6.42 Å². The van der Waals surface area contributed by atoms with E-state index in [4.69, 9.17) is 15.0 Å². The van der Waals surface area contributed by atoms with Gasteiger partial charge in [0.05, 0.1) is 6.07 Å². The molecule has 1 unspecified atom stereocenters. The summed E-state index contributed by atoms with van der Waals surface area (Å²) < 4.78 is 4.36. The molecule has 0 aromatic rings. The highest BCUT2D eigenvalue weighted by atomic mass is 31.2. The third-order valence-corrected chi connectivity index (χ3v) is 1.18. The Labute approximate surface area is 54.7 Å². The van der Waals surface area contributed by atoms with E-state index in [9.17, 15) is 0 Å². The average molecular weight is 149 g/mol. The molecule has 0 spiro atoms. The summed E-state index contributed by atoms with van der Waals surface area (Å²) in [6.07, 6.45) is -0.220. The van der Waals surface area contributed by atoms with Gasteiger partial charge in [0.2, 0.25) is 0 Å². The van der Waals surface area contributed by atoms with E-state index in [1.807, 2.05) is 0 Å². The number of hydrogen-bond acceptors (Lipinski definition) is 4. The Balaban J connectivity index is 3.47. The first-order valence-electron chi connectivity index (χ1n) is 2.45. The normalized spacial score (nSPS) is 13.2. The van der Waals surface area contributed by atoms with E-state index in [-0.39, 0.29) is 0 Å². The van der Waals surface area contributed by atoms with E-state index in [1.165, 1.54) is 0 Å². The van der Waals surface area contributed by atoms with Crippen molar-refractivity contribution in [2.24, 2.45) is 0 Å². The van der Waals surface area contributed by atoms with Crippen LogP contribution in [0.25, 0.3) is 0 Å². The molecule has 0 saturated heterocycles. The highest BCUT2D eigenvalue weighted by molar-refractivity contribution is 7.39. The molecular formula is C4H8NO3P. The van der Waals surface area contributed by atoms with Gasteiger partial charge in [-0.3, -0.25) is 4.52 Å². The van der Waals surface area contributed by atoms with Crippen molar-refractivity contribution in [3.05, 3.63) is 0 Å². The third kappa shape index (κ3) is 4.31.